The van der Waals surface area contributed by atoms with Gasteiger partial charge in [-0.2, -0.15) is 0 Å². The number of hydrogen-bond donors (Lipinski definition) is 3. The number of hydrogen-bond acceptors (Lipinski definition) is 9. The first-order valence-corrected chi connectivity index (χ1v) is 15.7. The number of nitrogens with one attached hydrogen (secondary N) is 3. The number of rotatable bonds is 13. The van der Waals surface area contributed by atoms with E-state index in [1.165, 1.54) is 6.92 Å². The van der Waals surface area contributed by atoms with Gasteiger partial charge < -0.3 is 30.0 Å². The molecule has 3 N–H and O–H groups in total. The van der Waals surface area contributed by atoms with Crippen LogP contribution >= 0.6 is 11.6 Å². The number of benzene rings is 1. The molecular weight excluding hydrogens is 601 g/mol. The second-order valence-electron chi connectivity index (χ2n) is 10.5. The Labute approximate surface area is 273 Å². The van der Waals surface area contributed by atoms with Gasteiger partial charge in [0.1, 0.15) is 22.8 Å². The monoisotopic (exact) mass is 637 g/mol. The minimum atomic E-state index is -5.26. The summed E-state index contributed by atoms with van der Waals surface area (Å²) in [5.74, 6) is -2.69. The first-order chi connectivity index (χ1) is 19.5. The van der Waals surface area contributed by atoms with Crippen molar-refractivity contribution in [1.82, 2.24) is 16.0 Å². The van der Waals surface area contributed by atoms with Crippen molar-refractivity contribution in [2.24, 2.45) is 11.8 Å². The summed E-state index contributed by atoms with van der Waals surface area (Å²) >= 11 is 5.98. The quantitative estimate of drug-likeness (QED) is 0.149. The predicted octanol–water partition coefficient (Wildman–Crippen LogP) is -0.255. The van der Waals surface area contributed by atoms with E-state index >= 15 is 0 Å². The van der Waals surface area contributed by atoms with Crippen LogP contribution in [0.25, 0.3) is 0 Å². The maximum absolute atomic E-state index is 13.6. The van der Waals surface area contributed by atoms with Gasteiger partial charge in [-0.25, -0.2) is 13.2 Å². The zero-order chi connectivity index (χ0) is 30.0. The summed E-state index contributed by atoms with van der Waals surface area (Å²) in [4.78, 5) is 50.6. The first-order valence-electron chi connectivity index (χ1n) is 13.9. The molecule has 1 aliphatic carbocycles. The van der Waals surface area contributed by atoms with E-state index in [2.05, 4.69) is 16.0 Å². The zero-order valence-electron chi connectivity index (χ0n) is 23.9. The molecular formula is C27H37ClN3NaO9S. The van der Waals surface area contributed by atoms with Gasteiger partial charge in [0.25, 0.3) is 0 Å². The molecule has 0 bridgehead atoms. The Kier molecular flexibility index (Phi) is 15.0. The summed E-state index contributed by atoms with van der Waals surface area (Å²) in [5.41, 5.74) is -1.62. The van der Waals surface area contributed by atoms with Crippen molar-refractivity contribution in [3.05, 3.63) is 34.9 Å². The normalized spacial score (nSPS) is 19.4. The van der Waals surface area contributed by atoms with E-state index in [4.69, 9.17) is 21.1 Å². The van der Waals surface area contributed by atoms with E-state index in [1.807, 2.05) is 0 Å². The molecule has 2 fully saturated rings. The van der Waals surface area contributed by atoms with Crippen molar-refractivity contribution >= 4 is 45.6 Å². The van der Waals surface area contributed by atoms with E-state index in [9.17, 15) is 32.1 Å². The van der Waals surface area contributed by atoms with Crippen molar-refractivity contribution in [2.45, 2.75) is 88.8 Å². The summed E-state index contributed by atoms with van der Waals surface area (Å²) < 4.78 is 46.8. The van der Waals surface area contributed by atoms with Crippen LogP contribution in [0.2, 0.25) is 5.02 Å². The van der Waals surface area contributed by atoms with Crippen LogP contribution in [0.4, 0.5) is 4.79 Å². The van der Waals surface area contributed by atoms with Crippen LogP contribution in [-0.4, -0.2) is 60.9 Å². The smallest absolute Gasteiger partial charge is 0.745 e. The number of carbonyl (C=O) groups is 4. The molecule has 3 amide bonds. The first kappa shape index (κ1) is 36.3. The number of alkyl carbamates (subject to hydrolysis) is 1. The minimum Gasteiger partial charge on any atom is -0.745 e. The Hall–Kier alpha value is -1.90. The van der Waals surface area contributed by atoms with Gasteiger partial charge in [0.05, 0.1) is 6.04 Å². The van der Waals surface area contributed by atoms with E-state index < -0.39 is 51.5 Å². The van der Waals surface area contributed by atoms with Crippen LogP contribution in [0.15, 0.2) is 24.3 Å². The Bertz CT molecular complexity index is 1200. The molecule has 0 aromatic heterocycles. The fourth-order valence-corrected chi connectivity index (χ4v) is 6.22. The number of amides is 3. The third-order valence-electron chi connectivity index (χ3n) is 7.34. The Balaban J connectivity index is 0.00000616. The van der Waals surface area contributed by atoms with Gasteiger partial charge in [-0.3, -0.25) is 14.4 Å². The molecule has 1 unspecified atom stereocenters. The molecule has 4 atom stereocenters. The molecule has 1 aromatic carbocycles. The van der Waals surface area contributed by atoms with Gasteiger partial charge in [-0.15, -0.1) is 0 Å². The Morgan fingerprint density at radius 1 is 1.12 bits per heavy atom. The largest absolute Gasteiger partial charge is 1.00 e. The molecule has 1 saturated carbocycles. The van der Waals surface area contributed by atoms with Crippen molar-refractivity contribution in [2.75, 3.05) is 6.54 Å². The molecule has 15 heteroatoms. The number of ether oxygens (including phenoxy) is 2. The summed E-state index contributed by atoms with van der Waals surface area (Å²) in [5, 5.41) is 8.17. The molecule has 1 saturated heterocycles. The molecule has 0 radical (unpaired) electrons. The Morgan fingerprint density at radius 2 is 1.83 bits per heavy atom. The minimum absolute atomic E-state index is 0. The van der Waals surface area contributed by atoms with Gasteiger partial charge in [0.2, 0.25) is 17.3 Å². The third-order valence-corrected chi connectivity index (χ3v) is 8.57. The SMILES string of the molecule is CCC(=O)OC([C@H](C[C@@H]1CCNC1=O)NC(=O)[C@H](CC1CCCCC1)NC(=O)OCc1cccc(Cl)c1)S(=O)(=O)[O-].[Na+]. The van der Waals surface area contributed by atoms with E-state index in [1.54, 1.807) is 24.3 Å². The molecule has 1 aromatic rings. The van der Waals surface area contributed by atoms with Crippen molar-refractivity contribution in [1.29, 1.82) is 0 Å². The van der Waals surface area contributed by atoms with Crippen molar-refractivity contribution < 1.29 is 71.2 Å². The molecule has 42 heavy (non-hydrogen) atoms. The molecule has 0 spiro atoms. The second kappa shape index (κ2) is 17.4. The van der Waals surface area contributed by atoms with Crippen LogP contribution in [0, 0.1) is 11.8 Å². The number of halogens is 1. The fraction of sp³-hybridized carbons (Fsp3) is 0.630. The molecule has 1 aliphatic heterocycles. The summed E-state index contributed by atoms with van der Waals surface area (Å²) in [6.07, 6.45) is 3.97. The molecule has 12 nitrogen and oxygen atoms in total. The van der Waals surface area contributed by atoms with Crippen molar-refractivity contribution in [3.8, 4) is 0 Å². The van der Waals surface area contributed by atoms with Gasteiger partial charge in [-0.1, -0.05) is 62.8 Å². The van der Waals surface area contributed by atoms with Gasteiger partial charge in [0.15, 0.2) is 0 Å². The standard InChI is InChI=1S/C27H38ClN3O9S.Na/c1-2-23(32)40-26(41(36,37)38)22(15-19-11-12-29-24(19)33)30-25(34)21(14-17-7-4-3-5-8-17)31-27(35)39-16-18-9-6-10-20(28)13-18;/h6,9-10,13,17,19,21-22,26H,2-5,7-8,11-12,14-16H2,1H3,(H,29,33)(H,30,34)(H,31,35)(H,36,37,38);/q;+1/p-1/t19-,21-,22-,26?;/m0./s1. The third kappa shape index (κ3) is 11.6. The topological polar surface area (TPSA) is 180 Å². The fourth-order valence-electron chi connectivity index (χ4n) is 5.20. The molecule has 228 valence electrons. The molecule has 1 heterocycles. The van der Waals surface area contributed by atoms with Crippen molar-refractivity contribution in [3.63, 3.8) is 0 Å². The summed E-state index contributed by atoms with van der Waals surface area (Å²) in [6.45, 7) is 1.67. The van der Waals surface area contributed by atoms with Gasteiger partial charge in [-0.05, 0) is 42.9 Å². The van der Waals surface area contributed by atoms with E-state index in [-0.39, 0.29) is 67.3 Å². The predicted molar refractivity (Wildman–Crippen MR) is 147 cm³/mol. The van der Waals surface area contributed by atoms with Crippen LogP contribution in [0.5, 0.6) is 0 Å². The average Bonchev–Trinajstić information content (AvgIpc) is 3.33. The number of carbonyl (C=O) groups excluding carboxylic acids is 4. The number of esters is 1. The van der Waals surface area contributed by atoms with Gasteiger partial charge >= 0.3 is 41.6 Å². The van der Waals surface area contributed by atoms with E-state index in [0.29, 0.717) is 23.6 Å². The second-order valence-corrected chi connectivity index (χ2v) is 12.4. The Morgan fingerprint density at radius 3 is 2.43 bits per heavy atom. The maximum Gasteiger partial charge on any atom is 1.00 e. The van der Waals surface area contributed by atoms with Crippen LogP contribution < -0.4 is 45.5 Å². The maximum atomic E-state index is 13.6. The van der Waals surface area contributed by atoms with Crippen LogP contribution in [0.1, 0.15) is 70.3 Å². The zero-order valence-corrected chi connectivity index (χ0v) is 27.5. The molecule has 2 aliphatic rings. The molecule has 3 rings (SSSR count). The van der Waals surface area contributed by atoms with Crippen LogP contribution in [0.3, 0.4) is 0 Å². The van der Waals surface area contributed by atoms with E-state index in [0.717, 1.165) is 32.1 Å². The summed E-state index contributed by atoms with van der Waals surface area (Å²) in [6, 6.07) is 4.07. The van der Waals surface area contributed by atoms with Gasteiger partial charge in [0, 0.05) is 23.9 Å². The van der Waals surface area contributed by atoms with Crippen LogP contribution in [-0.2, 0) is 40.6 Å². The summed E-state index contributed by atoms with van der Waals surface area (Å²) in [7, 11) is -5.26. The average molecular weight is 638 g/mol.